The van der Waals surface area contributed by atoms with Crippen LogP contribution >= 0.6 is 12.4 Å². The van der Waals surface area contributed by atoms with Gasteiger partial charge in [0.15, 0.2) is 5.82 Å². The first-order valence-corrected chi connectivity index (χ1v) is 5.05. The average molecular weight is 278 g/mol. The molecule has 1 rings (SSSR count). The molecule has 102 valence electrons. The number of halogens is 1. The van der Waals surface area contributed by atoms with Gasteiger partial charge in [-0.05, 0) is 20.3 Å². The monoisotopic (exact) mass is 277 g/mol. The zero-order valence-electron chi connectivity index (χ0n) is 10.1. The fourth-order valence-electron chi connectivity index (χ4n) is 1.14. The number of nitrogens with zero attached hydrogens (tertiary/aromatic N) is 2. The lowest BCUT2D eigenvalue weighted by Gasteiger charge is -2.16. The average Bonchev–Trinajstić information content (AvgIpc) is 2.54. The lowest BCUT2D eigenvalue weighted by atomic mass is 10.00. The summed E-state index contributed by atoms with van der Waals surface area (Å²) in [5, 5.41) is 12.3. The number of hydrogen-bond acceptors (Lipinski definition) is 5. The Morgan fingerprint density at radius 1 is 1.61 bits per heavy atom. The second-order valence-electron chi connectivity index (χ2n) is 4.00. The Morgan fingerprint density at radius 3 is 2.67 bits per heavy atom. The van der Waals surface area contributed by atoms with E-state index < -0.39 is 17.3 Å². The molecule has 18 heavy (non-hydrogen) atoms. The maximum absolute atomic E-state index is 11.1. The van der Waals surface area contributed by atoms with Crippen LogP contribution < -0.4 is 11.5 Å². The van der Waals surface area contributed by atoms with Crippen molar-refractivity contribution in [3.8, 4) is 0 Å². The van der Waals surface area contributed by atoms with Crippen LogP contribution in [0.1, 0.15) is 19.2 Å². The van der Waals surface area contributed by atoms with E-state index in [1.54, 1.807) is 19.1 Å². The van der Waals surface area contributed by atoms with E-state index in [-0.39, 0.29) is 25.4 Å². The molecule has 1 aromatic heterocycles. The summed E-state index contributed by atoms with van der Waals surface area (Å²) < 4.78 is 5.76. The fourth-order valence-corrected chi connectivity index (χ4v) is 1.14. The smallest absolute Gasteiger partial charge is 0.441 e. The van der Waals surface area contributed by atoms with E-state index in [1.807, 2.05) is 0 Å². The predicted molar refractivity (Wildman–Crippen MR) is 66.7 cm³/mol. The lowest BCUT2D eigenvalue weighted by Crippen LogP contribution is -2.44. The van der Waals surface area contributed by atoms with E-state index in [9.17, 15) is 9.59 Å². The minimum absolute atomic E-state index is 0. The Labute approximate surface area is 110 Å². The highest BCUT2D eigenvalue weighted by molar-refractivity contribution is 5.85. The number of carboxylic acids is 1. The molecule has 0 aliphatic rings. The van der Waals surface area contributed by atoms with Crippen molar-refractivity contribution >= 4 is 18.4 Å². The molecule has 1 heterocycles. The predicted octanol–water partition coefficient (Wildman–Crippen LogP) is 0.315. The molecule has 3 N–H and O–H groups in total. The van der Waals surface area contributed by atoms with Crippen molar-refractivity contribution in [3.63, 3.8) is 0 Å². The van der Waals surface area contributed by atoms with Gasteiger partial charge >= 0.3 is 11.7 Å². The second-order valence-corrected chi connectivity index (χ2v) is 4.00. The molecular weight excluding hydrogens is 262 g/mol. The van der Waals surface area contributed by atoms with Crippen molar-refractivity contribution < 1.29 is 14.4 Å². The highest BCUT2D eigenvalue weighted by Gasteiger charge is 2.25. The highest BCUT2D eigenvalue weighted by atomic mass is 35.5. The van der Waals surface area contributed by atoms with E-state index in [2.05, 4.69) is 9.68 Å². The topological polar surface area (TPSA) is 111 Å². The van der Waals surface area contributed by atoms with E-state index in [4.69, 9.17) is 10.8 Å². The van der Waals surface area contributed by atoms with Gasteiger partial charge in [0, 0.05) is 6.54 Å². The van der Waals surface area contributed by atoms with Crippen LogP contribution in [0.15, 0.2) is 21.5 Å². The fraction of sp³-hybridized carbons (Fsp3) is 0.500. The Kier molecular flexibility index (Phi) is 5.80. The first kappa shape index (κ1) is 16.4. The molecule has 0 aromatic carbocycles. The summed E-state index contributed by atoms with van der Waals surface area (Å²) in [6.45, 7) is 3.35. The van der Waals surface area contributed by atoms with Crippen LogP contribution in [0.4, 0.5) is 0 Å². The van der Waals surface area contributed by atoms with Gasteiger partial charge in [0.25, 0.3) is 0 Å². The number of hydrogen-bond donors (Lipinski definition) is 2. The third kappa shape index (κ3) is 4.01. The highest BCUT2D eigenvalue weighted by Crippen LogP contribution is 2.06. The molecule has 0 bridgehead atoms. The second kappa shape index (κ2) is 6.36. The number of carbonyl (C=O) groups is 1. The van der Waals surface area contributed by atoms with Crippen LogP contribution in [-0.4, -0.2) is 26.3 Å². The number of aromatic nitrogens is 2. The Bertz CT molecular complexity index is 490. The maximum atomic E-state index is 11.1. The van der Waals surface area contributed by atoms with Crippen molar-refractivity contribution in [2.24, 2.45) is 5.73 Å². The van der Waals surface area contributed by atoms with Crippen LogP contribution in [0.2, 0.25) is 0 Å². The Balaban J connectivity index is 0.00000289. The van der Waals surface area contributed by atoms with Crippen LogP contribution in [0.3, 0.4) is 0 Å². The van der Waals surface area contributed by atoms with E-state index in [0.29, 0.717) is 5.82 Å². The van der Waals surface area contributed by atoms with Gasteiger partial charge in [-0.15, -0.1) is 12.4 Å². The van der Waals surface area contributed by atoms with Crippen LogP contribution in [0, 0.1) is 6.92 Å². The number of allylic oxidation sites excluding steroid dienone is 1. The van der Waals surface area contributed by atoms with Gasteiger partial charge in [-0.3, -0.25) is 13.9 Å². The van der Waals surface area contributed by atoms with E-state index in [0.717, 1.165) is 0 Å². The first-order chi connectivity index (χ1) is 7.84. The molecule has 7 nitrogen and oxygen atoms in total. The van der Waals surface area contributed by atoms with Crippen LogP contribution in [0.25, 0.3) is 0 Å². The SMILES string of the molecule is Cc1noc(=O)n1CC=CCC(C)(N)C(=O)O.Cl. The minimum Gasteiger partial charge on any atom is -0.480 e. The Morgan fingerprint density at radius 2 is 2.22 bits per heavy atom. The molecule has 0 aliphatic carbocycles. The summed E-state index contributed by atoms with van der Waals surface area (Å²) in [7, 11) is 0. The van der Waals surface area contributed by atoms with Gasteiger partial charge in [-0.25, -0.2) is 4.79 Å². The van der Waals surface area contributed by atoms with E-state index >= 15 is 0 Å². The maximum Gasteiger partial charge on any atom is 0.441 e. The number of nitrogens with two attached hydrogens (primary N) is 1. The summed E-state index contributed by atoms with van der Waals surface area (Å²) in [4.78, 5) is 21.8. The zero-order chi connectivity index (χ0) is 13.1. The van der Waals surface area contributed by atoms with Gasteiger partial charge in [0.2, 0.25) is 0 Å². The van der Waals surface area contributed by atoms with Crippen molar-refractivity contribution in [1.29, 1.82) is 0 Å². The van der Waals surface area contributed by atoms with Gasteiger partial charge in [0.05, 0.1) is 0 Å². The Hall–Kier alpha value is -1.60. The third-order valence-electron chi connectivity index (χ3n) is 2.35. The molecule has 0 radical (unpaired) electrons. The molecule has 0 spiro atoms. The molecule has 0 saturated heterocycles. The lowest BCUT2D eigenvalue weighted by molar-refractivity contribution is -0.142. The van der Waals surface area contributed by atoms with Crippen molar-refractivity contribution in [2.45, 2.75) is 32.4 Å². The van der Waals surface area contributed by atoms with Crippen molar-refractivity contribution in [2.75, 3.05) is 0 Å². The summed E-state index contributed by atoms with van der Waals surface area (Å²) >= 11 is 0. The first-order valence-electron chi connectivity index (χ1n) is 5.05. The number of carboxylic acid groups (broad SMARTS) is 1. The largest absolute Gasteiger partial charge is 0.480 e. The molecule has 1 unspecified atom stereocenters. The summed E-state index contributed by atoms with van der Waals surface area (Å²) in [6, 6.07) is 0. The van der Waals surface area contributed by atoms with E-state index in [1.165, 1.54) is 11.5 Å². The van der Waals surface area contributed by atoms with Crippen molar-refractivity contribution in [3.05, 3.63) is 28.5 Å². The third-order valence-corrected chi connectivity index (χ3v) is 2.35. The number of aryl methyl sites for hydroxylation is 1. The molecule has 0 amide bonds. The van der Waals surface area contributed by atoms with Gasteiger partial charge in [-0.2, -0.15) is 0 Å². The van der Waals surface area contributed by atoms with Gasteiger partial charge in [0.1, 0.15) is 5.54 Å². The zero-order valence-corrected chi connectivity index (χ0v) is 10.9. The summed E-state index contributed by atoms with van der Waals surface area (Å²) in [5.74, 6) is -1.14. The summed E-state index contributed by atoms with van der Waals surface area (Å²) in [5.41, 5.74) is 4.23. The van der Waals surface area contributed by atoms with Gasteiger partial charge < -0.3 is 10.8 Å². The summed E-state index contributed by atoms with van der Waals surface area (Å²) in [6.07, 6.45) is 3.45. The molecule has 1 aromatic rings. The van der Waals surface area contributed by atoms with Crippen LogP contribution in [0.5, 0.6) is 0 Å². The molecule has 0 aliphatic heterocycles. The molecule has 0 saturated carbocycles. The quantitative estimate of drug-likeness (QED) is 0.750. The molecule has 8 heteroatoms. The van der Waals surface area contributed by atoms with Crippen LogP contribution in [-0.2, 0) is 11.3 Å². The molecular formula is C10H16ClN3O4. The van der Waals surface area contributed by atoms with Gasteiger partial charge in [-0.1, -0.05) is 17.3 Å². The number of rotatable bonds is 5. The molecule has 0 fully saturated rings. The normalized spacial score (nSPS) is 14.2. The van der Waals surface area contributed by atoms with Crippen molar-refractivity contribution in [1.82, 2.24) is 9.72 Å². The number of aliphatic carboxylic acids is 1. The molecule has 1 atom stereocenters. The minimum atomic E-state index is -1.30. The standard InChI is InChI=1S/C10H15N3O4.ClH/c1-7-12-17-9(16)13(7)6-4-3-5-10(2,11)8(14)15;/h3-4H,5-6,11H2,1-2H3,(H,14,15);1H.